The van der Waals surface area contributed by atoms with Gasteiger partial charge in [-0.15, -0.1) is 0 Å². The van der Waals surface area contributed by atoms with Crippen LogP contribution in [0.3, 0.4) is 0 Å². The third kappa shape index (κ3) is 3.60. The molecule has 0 heterocycles. The zero-order valence-corrected chi connectivity index (χ0v) is 12.2. The van der Waals surface area contributed by atoms with E-state index in [9.17, 15) is 9.18 Å². The molecule has 0 aliphatic rings. The average molecular weight is 286 g/mol. The molecule has 0 saturated carbocycles. The highest BCUT2D eigenvalue weighted by atomic mass is 19.1. The van der Waals surface area contributed by atoms with Gasteiger partial charge < -0.3 is 11.1 Å². The third-order valence-corrected chi connectivity index (χ3v) is 3.40. The molecule has 3 N–H and O–H groups in total. The first kappa shape index (κ1) is 15.0. The Bertz CT molecular complexity index is 627. The predicted octanol–water partition coefficient (Wildman–Crippen LogP) is 3.92. The fraction of sp³-hybridized carbons (Fsp3) is 0.235. The maximum Gasteiger partial charge on any atom is 0.255 e. The number of aryl methyl sites for hydroxylation is 1. The van der Waals surface area contributed by atoms with E-state index < -0.39 is 5.82 Å². The predicted molar refractivity (Wildman–Crippen MR) is 83.9 cm³/mol. The minimum atomic E-state index is -0.474. The SMILES string of the molecule is CCCc1ccc(NC(=O)c2cc(N)c(C)c(F)c2)cc1. The minimum Gasteiger partial charge on any atom is -0.398 e. The van der Waals surface area contributed by atoms with Crippen LogP contribution in [0.1, 0.15) is 34.8 Å². The lowest BCUT2D eigenvalue weighted by Crippen LogP contribution is -2.13. The lowest BCUT2D eigenvalue weighted by atomic mass is 10.1. The van der Waals surface area contributed by atoms with E-state index in [1.807, 2.05) is 24.3 Å². The fourth-order valence-electron chi connectivity index (χ4n) is 2.08. The summed E-state index contributed by atoms with van der Waals surface area (Å²) in [6.45, 7) is 3.70. The number of amides is 1. The van der Waals surface area contributed by atoms with E-state index in [4.69, 9.17) is 5.73 Å². The molecular formula is C17H19FN2O. The van der Waals surface area contributed by atoms with Crippen molar-refractivity contribution in [3.63, 3.8) is 0 Å². The van der Waals surface area contributed by atoms with Gasteiger partial charge in [0.15, 0.2) is 0 Å². The molecule has 0 aliphatic carbocycles. The highest BCUT2D eigenvalue weighted by Gasteiger charge is 2.11. The number of hydrogen-bond acceptors (Lipinski definition) is 2. The Kier molecular flexibility index (Phi) is 4.58. The van der Waals surface area contributed by atoms with Crippen LogP contribution in [0.2, 0.25) is 0 Å². The van der Waals surface area contributed by atoms with Crippen molar-refractivity contribution < 1.29 is 9.18 Å². The summed E-state index contributed by atoms with van der Waals surface area (Å²) in [5, 5.41) is 2.74. The largest absolute Gasteiger partial charge is 0.398 e. The van der Waals surface area contributed by atoms with Crippen molar-refractivity contribution in [1.82, 2.24) is 0 Å². The van der Waals surface area contributed by atoms with E-state index in [1.165, 1.54) is 17.7 Å². The summed E-state index contributed by atoms with van der Waals surface area (Å²) >= 11 is 0. The van der Waals surface area contributed by atoms with Crippen LogP contribution in [-0.2, 0) is 6.42 Å². The van der Waals surface area contributed by atoms with Gasteiger partial charge in [0.1, 0.15) is 5.82 Å². The number of hydrogen-bond donors (Lipinski definition) is 2. The number of nitrogens with one attached hydrogen (secondary N) is 1. The summed E-state index contributed by atoms with van der Waals surface area (Å²) in [4.78, 5) is 12.1. The molecule has 2 aromatic carbocycles. The monoisotopic (exact) mass is 286 g/mol. The Labute approximate surface area is 124 Å². The fourth-order valence-corrected chi connectivity index (χ4v) is 2.08. The lowest BCUT2D eigenvalue weighted by Gasteiger charge is -2.09. The first-order valence-electron chi connectivity index (χ1n) is 6.97. The molecule has 4 heteroatoms. The number of rotatable bonds is 4. The van der Waals surface area contributed by atoms with Gasteiger partial charge in [0.25, 0.3) is 5.91 Å². The summed E-state index contributed by atoms with van der Waals surface area (Å²) in [5.74, 6) is -0.845. The molecule has 3 nitrogen and oxygen atoms in total. The van der Waals surface area contributed by atoms with E-state index in [0.717, 1.165) is 12.8 Å². The van der Waals surface area contributed by atoms with Crippen molar-refractivity contribution in [2.24, 2.45) is 0 Å². The summed E-state index contributed by atoms with van der Waals surface area (Å²) in [6, 6.07) is 10.3. The van der Waals surface area contributed by atoms with Crippen LogP contribution in [0.4, 0.5) is 15.8 Å². The van der Waals surface area contributed by atoms with Gasteiger partial charge in [-0.2, -0.15) is 0 Å². The standard InChI is InChI=1S/C17H19FN2O/c1-3-4-12-5-7-14(8-6-12)20-17(21)13-9-15(18)11(2)16(19)10-13/h5-10H,3-4,19H2,1-2H3,(H,20,21). The second-order valence-corrected chi connectivity index (χ2v) is 5.07. The van der Waals surface area contributed by atoms with Crippen LogP contribution in [-0.4, -0.2) is 5.91 Å². The van der Waals surface area contributed by atoms with Crippen LogP contribution in [0, 0.1) is 12.7 Å². The number of halogens is 1. The molecule has 0 atom stereocenters. The second-order valence-electron chi connectivity index (χ2n) is 5.07. The molecule has 2 aromatic rings. The molecule has 0 radical (unpaired) electrons. The van der Waals surface area contributed by atoms with Crippen LogP contribution in [0.5, 0.6) is 0 Å². The molecule has 110 valence electrons. The third-order valence-electron chi connectivity index (χ3n) is 3.40. The zero-order chi connectivity index (χ0) is 15.4. The molecular weight excluding hydrogens is 267 g/mol. The van der Waals surface area contributed by atoms with Crippen LogP contribution >= 0.6 is 0 Å². The molecule has 0 unspecified atom stereocenters. The van der Waals surface area contributed by atoms with Crippen molar-refractivity contribution in [2.45, 2.75) is 26.7 Å². The Hall–Kier alpha value is -2.36. The van der Waals surface area contributed by atoms with Crippen LogP contribution < -0.4 is 11.1 Å². The molecule has 0 bridgehead atoms. The molecule has 0 saturated heterocycles. The zero-order valence-electron chi connectivity index (χ0n) is 12.2. The second kappa shape index (κ2) is 6.39. The molecule has 0 fully saturated rings. The van der Waals surface area contributed by atoms with Gasteiger partial charge in [-0.3, -0.25) is 4.79 Å². The van der Waals surface area contributed by atoms with E-state index in [-0.39, 0.29) is 17.2 Å². The van der Waals surface area contributed by atoms with Gasteiger partial charge in [0, 0.05) is 22.5 Å². The van der Waals surface area contributed by atoms with Gasteiger partial charge >= 0.3 is 0 Å². The summed E-state index contributed by atoms with van der Waals surface area (Å²) < 4.78 is 13.6. The highest BCUT2D eigenvalue weighted by Crippen LogP contribution is 2.19. The van der Waals surface area contributed by atoms with Gasteiger partial charge in [-0.05, 0) is 43.2 Å². The molecule has 21 heavy (non-hydrogen) atoms. The van der Waals surface area contributed by atoms with Crippen molar-refractivity contribution >= 4 is 17.3 Å². The minimum absolute atomic E-state index is 0.216. The number of nitrogen functional groups attached to an aromatic ring is 1. The quantitative estimate of drug-likeness (QED) is 0.837. The molecule has 2 rings (SSSR count). The Morgan fingerprint density at radius 3 is 2.48 bits per heavy atom. The summed E-state index contributed by atoms with van der Waals surface area (Å²) in [7, 11) is 0. The lowest BCUT2D eigenvalue weighted by molar-refractivity contribution is 0.102. The van der Waals surface area contributed by atoms with Crippen molar-refractivity contribution in [1.29, 1.82) is 0 Å². The number of anilines is 2. The van der Waals surface area contributed by atoms with E-state index in [2.05, 4.69) is 12.2 Å². The smallest absolute Gasteiger partial charge is 0.255 e. The highest BCUT2D eigenvalue weighted by molar-refractivity contribution is 6.04. The van der Waals surface area contributed by atoms with Gasteiger partial charge in [0.2, 0.25) is 0 Å². The summed E-state index contributed by atoms with van der Waals surface area (Å²) in [5.41, 5.74) is 8.44. The van der Waals surface area contributed by atoms with Crippen molar-refractivity contribution in [3.8, 4) is 0 Å². The molecule has 1 amide bonds. The Morgan fingerprint density at radius 2 is 1.90 bits per heavy atom. The normalized spacial score (nSPS) is 10.4. The Morgan fingerprint density at radius 1 is 1.24 bits per heavy atom. The number of benzene rings is 2. The first-order chi connectivity index (χ1) is 10.0. The van der Waals surface area contributed by atoms with E-state index in [0.29, 0.717) is 11.3 Å². The topological polar surface area (TPSA) is 55.1 Å². The molecule has 0 aromatic heterocycles. The summed E-state index contributed by atoms with van der Waals surface area (Å²) in [6.07, 6.45) is 2.08. The average Bonchev–Trinajstić information content (AvgIpc) is 2.46. The number of carbonyl (C=O) groups is 1. The maximum absolute atomic E-state index is 13.6. The number of nitrogens with two attached hydrogens (primary N) is 1. The van der Waals surface area contributed by atoms with Crippen LogP contribution in [0.25, 0.3) is 0 Å². The van der Waals surface area contributed by atoms with Gasteiger partial charge in [-0.1, -0.05) is 25.5 Å². The Balaban J connectivity index is 2.14. The molecule has 0 spiro atoms. The maximum atomic E-state index is 13.6. The number of carbonyl (C=O) groups excluding carboxylic acids is 1. The van der Waals surface area contributed by atoms with Gasteiger partial charge in [0.05, 0.1) is 0 Å². The van der Waals surface area contributed by atoms with E-state index in [1.54, 1.807) is 6.92 Å². The first-order valence-corrected chi connectivity index (χ1v) is 6.97. The van der Waals surface area contributed by atoms with Gasteiger partial charge in [-0.25, -0.2) is 4.39 Å². The van der Waals surface area contributed by atoms with E-state index >= 15 is 0 Å². The van der Waals surface area contributed by atoms with Crippen molar-refractivity contribution in [3.05, 3.63) is 58.9 Å². The molecule has 0 aliphatic heterocycles. The van der Waals surface area contributed by atoms with Crippen molar-refractivity contribution in [2.75, 3.05) is 11.1 Å². The van der Waals surface area contributed by atoms with Crippen LogP contribution in [0.15, 0.2) is 36.4 Å².